The number of rotatable bonds is 5. The third-order valence-corrected chi connectivity index (χ3v) is 3.41. The number of hydrogen-bond donors (Lipinski definition) is 2. The number of para-hydroxylation sites is 1. The van der Waals surface area contributed by atoms with Crippen LogP contribution in [0, 0.1) is 6.92 Å². The topological polar surface area (TPSA) is 59.0 Å². The zero-order valence-electron chi connectivity index (χ0n) is 13.0. The SMILES string of the molecule is CCc1nn(C)cc1N[C@H](C)C(=O)Nc1ccccc1C. The molecule has 0 saturated carbocycles. The van der Waals surface area contributed by atoms with E-state index >= 15 is 0 Å². The lowest BCUT2D eigenvalue weighted by atomic mass is 10.2. The molecule has 0 saturated heterocycles. The number of nitrogens with one attached hydrogen (secondary N) is 2. The van der Waals surface area contributed by atoms with Crippen molar-refractivity contribution >= 4 is 17.3 Å². The maximum Gasteiger partial charge on any atom is 0.246 e. The fourth-order valence-corrected chi connectivity index (χ4v) is 2.17. The molecule has 1 aromatic heterocycles. The van der Waals surface area contributed by atoms with E-state index in [0.29, 0.717) is 0 Å². The zero-order chi connectivity index (χ0) is 15.4. The van der Waals surface area contributed by atoms with Crippen LogP contribution in [-0.2, 0) is 18.3 Å². The molecule has 0 aliphatic rings. The molecule has 0 spiro atoms. The summed E-state index contributed by atoms with van der Waals surface area (Å²) < 4.78 is 1.76. The highest BCUT2D eigenvalue weighted by Crippen LogP contribution is 2.17. The Bertz CT molecular complexity index is 633. The largest absolute Gasteiger partial charge is 0.371 e. The number of benzene rings is 1. The number of hydrogen-bond acceptors (Lipinski definition) is 3. The van der Waals surface area contributed by atoms with Crippen molar-refractivity contribution in [2.75, 3.05) is 10.6 Å². The van der Waals surface area contributed by atoms with Gasteiger partial charge in [-0.1, -0.05) is 25.1 Å². The molecule has 1 aromatic carbocycles. The van der Waals surface area contributed by atoms with E-state index in [1.165, 1.54) is 0 Å². The first-order chi connectivity index (χ1) is 10.0. The number of carbonyl (C=O) groups excluding carboxylic acids is 1. The summed E-state index contributed by atoms with van der Waals surface area (Å²) in [6.07, 6.45) is 2.73. The third-order valence-electron chi connectivity index (χ3n) is 3.41. The van der Waals surface area contributed by atoms with Crippen LogP contribution in [0.25, 0.3) is 0 Å². The van der Waals surface area contributed by atoms with Crippen molar-refractivity contribution in [3.05, 3.63) is 41.7 Å². The molecule has 1 amide bonds. The molecular formula is C16H22N4O. The Kier molecular flexibility index (Phi) is 4.62. The summed E-state index contributed by atoms with van der Waals surface area (Å²) in [7, 11) is 1.88. The second-order valence-corrected chi connectivity index (χ2v) is 5.19. The van der Waals surface area contributed by atoms with E-state index in [4.69, 9.17) is 0 Å². The summed E-state index contributed by atoms with van der Waals surface area (Å²) in [6, 6.07) is 7.41. The van der Waals surface area contributed by atoms with Gasteiger partial charge in [0.2, 0.25) is 5.91 Å². The molecule has 0 aliphatic heterocycles. The Morgan fingerprint density at radius 2 is 2.05 bits per heavy atom. The van der Waals surface area contributed by atoms with Gasteiger partial charge in [0.05, 0.1) is 11.4 Å². The number of carbonyl (C=O) groups is 1. The summed E-state index contributed by atoms with van der Waals surface area (Å²) in [6.45, 7) is 5.87. The Balaban J connectivity index is 2.04. The first-order valence-corrected chi connectivity index (χ1v) is 7.16. The zero-order valence-corrected chi connectivity index (χ0v) is 13.0. The Labute approximate surface area is 125 Å². The lowest BCUT2D eigenvalue weighted by Gasteiger charge is -2.16. The van der Waals surface area contributed by atoms with Crippen molar-refractivity contribution in [1.82, 2.24) is 9.78 Å². The molecule has 2 aromatic rings. The fourth-order valence-electron chi connectivity index (χ4n) is 2.17. The summed E-state index contributed by atoms with van der Waals surface area (Å²) in [5, 5.41) is 10.5. The van der Waals surface area contributed by atoms with Gasteiger partial charge in [0.15, 0.2) is 0 Å². The van der Waals surface area contributed by atoms with Crippen molar-refractivity contribution in [2.45, 2.75) is 33.2 Å². The normalized spacial score (nSPS) is 12.0. The van der Waals surface area contributed by atoms with E-state index in [1.54, 1.807) is 4.68 Å². The predicted octanol–water partition coefficient (Wildman–Crippen LogP) is 2.73. The predicted molar refractivity (Wildman–Crippen MR) is 85.5 cm³/mol. The van der Waals surface area contributed by atoms with Crippen LogP contribution in [0.2, 0.25) is 0 Å². The van der Waals surface area contributed by atoms with Crippen LogP contribution in [0.15, 0.2) is 30.5 Å². The van der Waals surface area contributed by atoms with E-state index in [-0.39, 0.29) is 11.9 Å². The Morgan fingerprint density at radius 1 is 1.33 bits per heavy atom. The number of aromatic nitrogens is 2. The van der Waals surface area contributed by atoms with E-state index < -0.39 is 0 Å². The monoisotopic (exact) mass is 286 g/mol. The maximum absolute atomic E-state index is 12.3. The fraction of sp³-hybridized carbons (Fsp3) is 0.375. The molecule has 1 atom stereocenters. The summed E-state index contributed by atoms with van der Waals surface area (Å²) in [4.78, 5) is 12.3. The Morgan fingerprint density at radius 3 is 2.71 bits per heavy atom. The van der Waals surface area contributed by atoms with E-state index in [1.807, 2.05) is 58.3 Å². The Hall–Kier alpha value is -2.30. The van der Waals surface area contributed by atoms with Crippen molar-refractivity contribution in [3.63, 3.8) is 0 Å². The average molecular weight is 286 g/mol. The van der Waals surface area contributed by atoms with Gasteiger partial charge in [-0.15, -0.1) is 0 Å². The van der Waals surface area contributed by atoms with Gasteiger partial charge >= 0.3 is 0 Å². The molecule has 5 heteroatoms. The van der Waals surface area contributed by atoms with Gasteiger partial charge in [-0.05, 0) is 31.9 Å². The smallest absolute Gasteiger partial charge is 0.246 e. The van der Waals surface area contributed by atoms with E-state index in [2.05, 4.69) is 15.7 Å². The summed E-state index contributed by atoms with van der Waals surface area (Å²) >= 11 is 0. The van der Waals surface area contributed by atoms with Crippen LogP contribution >= 0.6 is 0 Å². The van der Waals surface area contributed by atoms with Crippen molar-refractivity contribution in [1.29, 1.82) is 0 Å². The first kappa shape index (κ1) is 15.1. The van der Waals surface area contributed by atoms with Gasteiger partial charge in [-0.25, -0.2) is 0 Å². The highest BCUT2D eigenvalue weighted by Gasteiger charge is 2.16. The van der Waals surface area contributed by atoms with Gasteiger partial charge in [0.1, 0.15) is 6.04 Å². The lowest BCUT2D eigenvalue weighted by molar-refractivity contribution is -0.116. The molecule has 2 N–H and O–H groups in total. The van der Waals surface area contributed by atoms with Crippen LogP contribution < -0.4 is 10.6 Å². The van der Waals surface area contributed by atoms with E-state index in [0.717, 1.165) is 29.1 Å². The number of amides is 1. The second-order valence-electron chi connectivity index (χ2n) is 5.19. The standard InChI is InChI=1S/C16H22N4O/c1-5-13-15(10-20(4)19-13)17-12(3)16(21)18-14-9-7-6-8-11(14)2/h6-10,12,17H,5H2,1-4H3,(H,18,21)/t12-/m1/s1. The average Bonchev–Trinajstić information content (AvgIpc) is 2.81. The number of anilines is 2. The maximum atomic E-state index is 12.3. The van der Waals surface area contributed by atoms with Crippen LogP contribution in [0.1, 0.15) is 25.1 Å². The molecule has 0 radical (unpaired) electrons. The summed E-state index contributed by atoms with van der Waals surface area (Å²) in [5.74, 6) is -0.0600. The molecule has 2 rings (SSSR count). The van der Waals surface area contributed by atoms with E-state index in [9.17, 15) is 4.79 Å². The molecule has 0 bridgehead atoms. The number of nitrogens with zero attached hydrogens (tertiary/aromatic N) is 2. The van der Waals surface area contributed by atoms with Crippen LogP contribution in [-0.4, -0.2) is 21.7 Å². The molecule has 5 nitrogen and oxygen atoms in total. The molecule has 21 heavy (non-hydrogen) atoms. The van der Waals surface area contributed by atoms with Crippen molar-refractivity contribution in [3.8, 4) is 0 Å². The van der Waals surface area contributed by atoms with Gasteiger partial charge in [-0.3, -0.25) is 9.48 Å². The van der Waals surface area contributed by atoms with Gasteiger partial charge in [0.25, 0.3) is 0 Å². The van der Waals surface area contributed by atoms with Crippen molar-refractivity contribution in [2.24, 2.45) is 7.05 Å². The molecular weight excluding hydrogens is 264 g/mol. The molecule has 0 fully saturated rings. The molecule has 112 valence electrons. The van der Waals surface area contributed by atoms with Gasteiger partial charge < -0.3 is 10.6 Å². The van der Waals surface area contributed by atoms with Crippen LogP contribution in [0.3, 0.4) is 0 Å². The second kappa shape index (κ2) is 6.43. The minimum absolute atomic E-state index is 0.0600. The highest BCUT2D eigenvalue weighted by molar-refractivity contribution is 5.96. The summed E-state index contributed by atoms with van der Waals surface area (Å²) in [5.41, 5.74) is 3.77. The molecule has 0 aliphatic carbocycles. The van der Waals surface area contributed by atoms with Crippen LogP contribution in [0.5, 0.6) is 0 Å². The number of aryl methyl sites for hydroxylation is 3. The minimum Gasteiger partial charge on any atom is -0.371 e. The minimum atomic E-state index is -0.334. The first-order valence-electron chi connectivity index (χ1n) is 7.16. The molecule has 0 unspecified atom stereocenters. The van der Waals surface area contributed by atoms with Gasteiger partial charge in [0, 0.05) is 18.9 Å². The third kappa shape index (κ3) is 3.62. The van der Waals surface area contributed by atoms with Crippen molar-refractivity contribution < 1.29 is 4.79 Å². The lowest BCUT2D eigenvalue weighted by Crippen LogP contribution is -2.32. The quantitative estimate of drug-likeness (QED) is 0.888. The van der Waals surface area contributed by atoms with Gasteiger partial charge in [-0.2, -0.15) is 5.10 Å². The highest BCUT2D eigenvalue weighted by atomic mass is 16.2. The van der Waals surface area contributed by atoms with Crippen LogP contribution in [0.4, 0.5) is 11.4 Å². The molecule has 1 heterocycles.